The first-order chi connectivity index (χ1) is 13.7. The van der Waals surface area contributed by atoms with E-state index in [9.17, 15) is 0 Å². The van der Waals surface area contributed by atoms with Crippen LogP contribution in [0, 0.1) is 13.8 Å². The molecule has 3 aromatic heterocycles. The van der Waals surface area contributed by atoms with Crippen molar-refractivity contribution in [3.63, 3.8) is 0 Å². The van der Waals surface area contributed by atoms with Crippen molar-refractivity contribution in [2.75, 3.05) is 0 Å². The molecule has 3 heteroatoms. The smallest absolute Gasteiger partial charge is 0.227 e. The predicted molar refractivity (Wildman–Crippen MR) is 114 cm³/mol. The van der Waals surface area contributed by atoms with E-state index in [2.05, 4.69) is 61.3 Å². The van der Waals surface area contributed by atoms with Gasteiger partial charge in [0.2, 0.25) is 5.71 Å². The Morgan fingerprint density at radius 3 is 2.46 bits per heavy atom. The molecule has 0 fully saturated rings. The largest absolute Gasteiger partial charge is 0.456 e. The summed E-state index contributed by atoms with van der Waals surface area (Å²) in [5.41, 5.74) is 7.91. The summed E-state index contributed by atoms with van der Waals surface area (Å²) in [5.74, 6) is 0. The van der Waals surface area contributed by atoms with Crippen molar-refractivity contribution in [1.82, 2.24) is 4.98 Å². The van der Waals surface area contributed by atoms with Crippen LogP contribution in [-0.2, 0) is 0 Å². The minimum atomic E-state index is 0.676. The van der Waals surface area contributed by atoms with Crippen LogP contribution in [-0.4, -0.2) is 4.98 Å². The second kappa shape index (κ2) is 5.46. The highest BCUT2D eigenvalue weighted by atomic mass is 16.3. The summed E-state index contributed by atoms with van der Waals surface area (Å²) in [4.78, 5) is 4.60. The molecule has 0 radical (unpaired) electrons. The van der Waals surface area contributed by atoms with E-state index in [1.54, 1.807) is 0 Å². The maximum absolute atomic E-state index is 6.09. The Morgan fingerprint density at radius 1 is 0.679 bits per heavy atom. The lowest BCUT2D eigenvalue weighted by Gasteiger charge is -2.06. The van der Waals surface area contributed by atoms with Crippen LogP contribution in [0.25, 0.3) is 55.1 Å². The summed E-state index contributed by atoms with van der Waals surface area (Å²) < 4.78 is 12.1. The molecule has 3 aromatic carbocycles. The van der Waals surface area contributed by atoms with Crippen LogP contribution in [0.1, 0.15) is 11.1 Å². The zero-order valence-electron chi connectivity index (χ0n) is 15.6. The van der Waals surface area contributed by atoms with Gasteiger partial charge in [-0.1, -0.05) is 36.4 Å². The van der Waals surface area contributed by atoms with Gasteiger partial charge in [0.1, 0.15) is 16.7 Å². The van der Waals surface area contributed by atoms with Gasteiger partial charge in [-0.15, -0.1) is 0 Å². The van der Waals surface area contributed by atoms with Gasteiger partial charge in [0, 0.05) is 33.3 Å². The Balaban J connectivity index is 1.62. The normalized spacial score (nSPS) is 11.9. The Labute approximate surface area is 161 Å². The molecular weight excluding hydrogens is 346 g/mol. The molecule has 0 aliphatic carbocycles. The number of aryl methyl sites for hydroxylation is 2. The Hall–Kier alpha value is -3.59. The topological polar surface area (TPSA) is 39.2 Å². The van der Waals surface area contributed by atoms with Crippen molar-refractivity contribution >= 4 is 44.0 Å². The molecule has 134 valence electrons. The van der Waals surface area contributed by atoms with Crippen LogP contribution in [0.3, 0.4) is 0 Å². The number of nitrogens with zero attached hydrogens (tertiary/aromatic N) is 1. The highest BCUT2D eigenvalue weighted by molar-refractivity contribution is 6.08. The molecule has 0 amide bonds. The summed E-state index contributed by atoms with van der Waals surface area (Å²) in [6.45, 7) is 4.20. The van der Waals surface area contributed by atoms with E-state index >= 15 is 0 Å². The first-order valence-corrected chi connectivity index (χ1v) is 9.39. The minimum absolute atomic E-state index is 0.676. The van der Waals surface area contributed by atoms with E-state index < -0.39 is 0 Å². The monoisotopic (exact) mass is 363 g/mol. The van der Waals surface area contributed by atoms with Crippen LogP contribution in [0.4, 0.5) is 0 Å². The summed E-state index contributed by atoms with van der Waals surface area (Å²) in [5, 5.41) is 4.44. The number of rotatable bonds is 1. The van der Waals surface area contributed by atoms with Gasteiger partial charge < -0.3 is 8.83 Å². The minimum Gasteiger partial charge on any atom is -0.456 e. The molecule has 0 bridgehead atoms. The molecule has 0 unspecified atom stereocenters. The van der Waals surface area contributed by atoms with Crippen LogP contribution < -0.4 is 0 Å². The van der Waals surface area contributed by atoms with Crippen molar-refractivity contribution in [1.29, 1.82) is 0 Å². The number of aromatic nitrogens is 1. The number of hydrogen-bond donors (Lipinski definition) is 0. The summed E-state index contributed by atoms with van der Waals surface area (Å²) in [7, 11) is 0. The van der Waals surface area contributed by atoms with E-state index in [1.165, 1.54) is 5.56 Å². The average Bonchev–Trinajstić information content (AvgIpc) is 3.26. The molecule has 28 heavy (non-hydrogen) atoms. The molecule has 0 spiro atoms. The molecule has 0 N–H and O–H groups in total. The average molecular weight is 363 g/mol. The zero-order chi connectivity index (χ0) is 18.8. The van der Waals surface area contributed by atoms with Crippen molar-refractivity contribution in [2.45, 2.75) is 13.8 Å². The number of pyridine rings is 1. The Morgan fingerprint density at radius 2 is 1.54 bits per heavy atom. The van der Waals surface area contributed by atoms with Crippen molar-refractivity contribution in [2.24, 2.45) is 0 Å². The van der Waals surface area contributed by atoms with Gasteiger partial charge in [0.15, 0.2) is 0 Å². The maximum atomic E-state index is 6.09. The highest BCUT2D eigenvalue weighted by Gasteiger charge is 2.14. The standard InChI is InChI=1S/C25H17NO2/c1-14-6-5-8-18-21-11-16(13-26-25(21)28-24(14)18)19-12-23-20(10-15(19)2)17-7-3-4-9-22(17)27-23/h3-13H,1-2H3. The molecule has 0 saturated heterocycles. The van der Waals surface area contributed by atoms with Gasteiger partial charge in [0.25, 0.3) is 0 Å². The molecule has 3 nitrogen and oxygen atoms in total. The third-order valence-corrected chi connectivity index (χ3v) is 5.59. The number of benzene rings is 3. The number of para-hydroxylation sites is 2. The van der Waals surface area contributed by atoms with E-state index in [1.807, 2.05) is 24.4 Å². The third-order valence-electron chi connectivity index (χ3n) is 5.59. The first kappa shape index (κ1) is 15.5. The van der Waals surface area contributed by atoms with E-state index in [0.717, 1.165) is 55.0 Å². The van der Waals surface area contributed by atoms with E-state index in [0.29, 0.717) is 5.71 Å². The van der Waals surface area contributed by atoms with Gasteiger partial charge in [-0.05, 0) is 54.8 Å². The number of furan rings is 2. The van der Waals surface area contributed by atoms with E-state index in [4.69, 9.17) is 8.83 Å². The Kier molecular flexibility index (Phi) is 3.01. The number of hydrogen-bond acceptors (Lipinski definition) is 3. The fourth-order valence-electron chi connectivity index (χ4n) is 4.16. The fourth-order valence-corrected chi connectivity index (χ4v) is 4.16. The molecule has 6 aromatic rings. The highest BCUT2D eigenvalue weighted by Crippen LogP contribution is 2.36. The quantitative estimate of drug-likeness (QED) is 0.311. The molecule has 0 saturated carbocycles. The molecule has 0 aliphatic heterocycles. The van der Waals surface area contributed by atoms with Crippen molar-refractivity contribution < 1.29 is 8.83 Å². The molecule has 6 rings (SSSR count). The fraction of sp³-hybridized carbons (Fsp3) is 0.0800. The Bertz CT molecular complexity index is 1530. The van der Waals surface area contributed by atoms with Crippen molar-refractivity contribution in [3.05, 3.63) is 78.0 Å². The maximum Gasteiger partial charge on any atom is 0.227 e. The van der Waals surface area contributed by atoms with Gasteiger partial charge in [-0.3, -0.25) is 0 Å². The lowest BCUT2D eigenvalue weighted by Crippen LogP contribution is -1.85. The third kappa shape index (κ3) is 2.07. The molecular formula is C25H17NO2. The van der Waals surface area contributed by atoms with Crippen LogP contribution in [0.5, 0.6) is 0 Å². The predicted octanol–water partition coefficient (Wildman–Crippen LogP) is 7.16. The van der Waals surface area contributed by atoms with Gasteiger partial charge >= 0.3 is 0 Å². The molecule has 0 atom stereocenters. The van der Waals surface area contributed by atoms with Crippen molar-refractivity contribution in [3.8, 4) is 11.1 Å². The van der Waals surface area contributed by atoms with Crippen LogP contribution in [0.15, 0.2) is 75.7 Å². The molecule has 3 heterocycles. The second-order valence-corrected chi connectivity index (χ2v) is 7.39. The summed E-state index contributed by atoms with van der Waals surface area (Å²) in [6.07, 6.45) is 1.89. The van der Waals surface area contributed by atoms with Crippen LogP contribution in [0.2, 0.25) is 0 Å². The van der Waals surface area contributed by atoms with Gasteiger partial charge in [0.05, 0.1) is 0 Å². The summed E-state index contributed by atoms with van der Waals surface area (Å²) in [6, 6.07) is 20.9. The summed E-state index contributed by atoms with van der Waals surface area (Å²) >= 11 is 0. The second-order valence-electron chi connectivity index (χ2n) is 7.39. The lowest BCUT2D eigenvalue weighted by atomic mass is 9.98. The van der Waals surface area contributed by atoms with E-state index in [-0.39, 0.29) is 0 Å². The SMILES string of the molecule is Cc1cc2c(cc1-c1cnc3oc4c(C)cccc4c3c1)oc1ccccc12. The molecule has 0 aliphatic rings. The lowest BCUT2D eigenvalue weighted by molar-refractivity contribution is 0.651. The van der Waals surface area contributed by atoms with Gasteiger partial charge in [-0.2, -0.15) is 0 Å². The zero-order valence-corrected chi connectivity index (χ0v) is 15.6. The van der Waals surface area contributed by atoms with Gasteiger partial charge in [-0.25, -0.2) is 4.98 Å². The number of fused-ring (bicyclic) bond motifs is 6. The van der Waals surface area contributed by atoms with Crippen LogP contribution >= 0.6 is 0 Å². The first-order valence-electron chi connectivity index (χ1n) is 9.39.